The number of hydrogen-bond acceptors (Lipinski definition) is 4. The van der Waals surface area contributed by atoms with Crippen LogP contribution in [0.25, 0.3) is 129 Å². The molecule has 0 saturated heterocycles. The number of para-hydroxylation sites is 2. The Morgan fingerprint density at radius 1 is 0.330 bits per heavy atom. The van der Waals surface area contributed by atoms with Gasteiger partial charge in [0.1, 0.15) is 11.5 Å². The molecule has 0 atom stereocenters. The lowest BCUT2D eigenvalue weighted by Gasteiger charge is -2.42. The van der Waals surface area contributed by atoms with Gasteiger partial charge < -0.3 is 18.8 Å². The summed E-state index contributed by atoms with van der Waals surface area (Å²) in [6.45, 7) is 20.8. The Labute approximate surface area is 574 Å². The molecule has 0 unspecified atom stereocenters. The van der Waals surface area contributed by atoms with Crippen LogP contribution in [-0.4, -0.2) is 15.8 Å². The van der Waals surface area contributed by atoms with E-state index in [2.05, 4.69) is 337 Å². The number of thiophene rings is 2. The second-order valence-electron chi connectivity index (χ2n) is 30.0. The van der Waals surface area contributed by atoms with Gasteiger partial charge in [-0.2, -0.15) is 0 Å². The standard InChI is InChI=1S/C90H70BN3OS2/c1-88(2,3)56-35-41-74-68(47-56)69-48-57(89(4,5)6)36-42-75(69)92(74)59-37-39-70-76(51-59)94(86-66(53-23-12-10-13-24-53)49-58(90(7,8)9)50-67(86)54-25-14-11-15-26-54)77-45-55(61-30-22-31-65-84-82(97-87(61)65)44-43-81-83(84)64-29-18-21-34-80(64)96-81)46-79-85(77)91(70)71-40-38-60(52-78(71)95-79)93-72-32-19-16-27-62(72)63-28-17-20-33-73(63)93/h10-52H,1-9H3. The van der Waals surface area contributed by atoms with Crippen molar-refractivity contribution in [3.63, 3.8) is 0 Å². The van der Waals surface area contributed by atoms with E-state index in [1.54, 1.807) is 0 Å². The Bertz CT molecular complexity index is 6000. The van der Waals surface area contributed by atoms with Crippen molar-refractivity contribution in [2.75, 3.05) is 4.90 Å². The maximum atomic E-state index is 7.82. The monoisotopic (exact) mass is 1280 g/mol. The fourth-order valence-electron chi connectivity index (χ4n) is 16.1. The Hall–Kier alpha value is -10.4. The molecule has 17 aromatic rings. The van der Waals surface area contributed by atoms with E-state index in [-0.39, 0.29) is 23.0 Å². The van der Waals surface area contributed by atoms with Crippen LogP contribution in [0.2, 0.25) is 0 Å². The largest absolute Gasteiger partial charge is 0.458 e. The summed E-state index contributed by atoms with van der Waals surface area (Å²) in [4.78, 5) is 2.67. The van der Waals surface area contributed by atoms with Crippen LogP contribution in [0.4, 0.5) is 17.1 Å². The molecule has 4 aromatic heterocycles. The summed E-state index contributed by atoms with van der Waals surface area (Å²) in [7, 11) is 0. The van der Waals surface area contributed by atoms with Gasteiger partial charge in [-0.15, -0.1) is 22.7 Å². The second kappa shape index (κ2) is 21.0. The minimum Gasteiger partial charge on any atom is -0.458 e. The van der Waals surface area contributed by atoms with Crippen molar-refractivity contribution in [1.29, 1.82) is 0 Å². The highest BCUT2D eigenvalue weighted by Gasteiger charge is 2.44. The predicted octanol–water partition coefficient (Wildman–Crippen LogP) is 23.9. The Kier molecular flexibility index (Phi) is 12.6. The highest BCUT2D eigenvalue weighted by Crippen LogP contribution is 2.54. The van der Waals surface area contributed by atoms with Crippen LogP contribution in [0, 0.1) is 0 Å². The van der Waals surface area contributed by atoms with Crippen LogP contribution in [-0.2, 0) is 16.2 Å². The molecule has 97 heavy (non-hydrogen) atoms. The average molecular weight is 1280 g/mol. The van der Waals surface area contributed by atoms with Gasteiger partial charge in [0.25, 0.3) is 6.71 Å². The molecule has 0 spiro atoms. The number of hydrogen-bond donors (Lipinski definition) is 0. The van der Waals surface area contributed by atoms with Gasteiger partial charge in [-0.25, -0.2) is 0 Å². The minimum atomic E-state index is -0.216. The van der Waals surface area contributed by atoms with Gasteiger partial charge in [0.05, 0.1) is 27.8 Å². The van der Waals surface area contributed by atoms with E-state index in [9.17, 15) is 0 Å². The molecular weight excluding hydrogens is 1210 g/mol. The molecule has 0 radical (unpaired) electrons. The zero-order valence-electron chi connectivity index (χ0n) is 56.0. The van der Waals surface area contributed by atoms with Crippen molar-refractivity contribution >= 4 is 147 Å². The second-order valence-corrected chi connectivity index (χ2v) is 32.1. The molecule has 2 aliphatic heterocycles. The van der Waals surface area contributed by atoms with Crippen LogP contribution in [0.15, 0.2) is 261 Å². The molecule has 0 saturated carbocycles. The molecule has 0 fully saturated rings. The predicted molar refractivity (Wildman–Crippen MR) is 419 cm³/mol. The third-order valence-electron chi connectivity index (χ3n) is 21.0. The molecule has 19 rings (SSSR count). The molecule has 4 nitrogen and oxygen atoms in total. The Balaban J connectivity index is 0.947. The van der Waals surface area contributed by atoms with Crippen LogP contribution in [0.1, 0.15) is 79.0 Å². The lowest BCUT2D eigenvalue weighted by Crippen LogP contribution is -2.59. The van der Waals surface area contributed by atoms with Crippen LogP contribution in [0.5, 0.6) is 11.5 Å². The van der Waals surface area contributed by atoms with Crippen molar-refractivity contribution < 1.29 is 4.74 Å². The molecule has 7 heteroatoms. The molecule has 6 heterocycles. The smallest absolute Gasteiger partial charge is 0.256 e. The van der Waals surface area contributed by atoms with Crippen molar-refractivity contribution in [3.8, 4) is 56.3 Å². The van der Waals surface area contributed by atoms with Crippen molar-refractivity contribution in [3.05, 3.63) is 278 Å². The first kappa shape index (κ1) is 58.0. The summed E-state index contributed by atoms with van der Waals surface area (Å²) in [6, 6.07) is 99.2. The lowest BCUT2D eigenvalue weighted by molar-refractivity contribution is 0.487. The van der Waals surface area contributed by atoms with E-state index in [1.807, 2.05) is 22.7 Å². The number of rotatable bonds is 6. The first-order chi connectivity index (χ1) is 47.0. The highest BCUT2D eigenvalue weighted by atomic mass is 32.1. The summed E-state index contributed by atoms with van der Waals surface area (Å²) in [6.07, 6.45) is 0. The summed E-state index contributed by atoms with van der Waals surface area (Å²) < 4.78 is 18.0. The normalized spacial score (nSPS) is 13.2. The average Bonchev–Trinajstić information content (AvgIpc) is 0.904. The maximum absolute atomic E-state index is 7.82. The van der Waals surface area contributed by atoms with Gasteiger partial charge in [0.2, 0.25) is 0 Å². The molecule has 0 bridgehead atoms. The number of aromatic nitrogens is 2. The number of anilines is 3. The summed E-state index contributed by atoms with van der Waals surface area (Å²) in [5.74, 6) is 1.71. The van der Waals surface area contributed by atoms with Crippen LogP contribution < -0.4 is 26.0 Å². The van der Waals surface area contributed by atoms with Crippen LogP contribution >= 0.6 is 22.7 Å². The summed E-state index contributed by atoms with van der Waals surface area (Å²) in [5, 5.41) is 10.2. The zero-order valence-corrected chi connectivity index (χ0v) is 57.6. The highest BCUT2D eigenvalue weighted by molar-refractivity contribution is 7.28. The first-order valence-electron chi connectivity index (χ1n) is 34.1. The number of benzene rings is 13. The van der Waals surface area contributed by atoms with E-state index >= 15 is 0 Å². The third-order valence-corrected chi connectivity index (χ3v) is 23.4. The number of ether oxygens (including phenoxy) is 1. The minimum absolute atomic E-state index is 0.0464. The summed E-state index contributed by atoms with van der Waals surface area (Å²) in [5.41, 5.74) is 24.2. The van der Waals surface area contributed by atoms with E-state index in [4.69, 9.17) is 4.74 Å². The van der Waals surface area contributed by atoms with Gasteiger partial charge in [0.15, 0.2) is 0 Å². The molecule has 13 aromatic carbocycles. The maximum Gasteiger partial charge on any atom is 0.256 e. The van der Waals surface area contributed by atoms with Gasteiger partial charge in [-0.1, -0.05) is 220 Å². The Morgan fingerprint density at radius 2 is 0.845 bits per heavy atom. The number of nitrogens with zero attached hydrogens (tertiary/aromatic N) is 3. The van der Waals surface area contributed by atoms with Gasteiger partial charge >= 0.3 is 0 Å². The SMILES string of the molecule is CC(C)(C)c1cc(-c2ccccc2)c(N2c3cc(-n4c5ccc(C(C)(C)C)cc5c5cc(C(C)(C)C)ccc54)ccc3B3c4ccc(-n5c6ccccc6c6ccccc65)cc4Oc4cc(-c5cccc6c5sc5ccc7sc8ccccc8c7c56)cc2c43)c(-c2ccccc2)c1. The fraction of sp³-hybridized carbons (Fsp3) is 0.133. The molecule has 2 aliphatic rings. The van der Waals surface area contributed by atoms with E-state index in [1.165, 1.54) is 101 Å². The fourth-order valence-corrected chi connectivity index (χ4v) is 18.5. The van der Waals surface area contributed by atoms with Gasteiger partial charge in [-0.05, 0) is 169 Å². The summed E-state index contributed by atoms with van der Waals surface area (Å²) >= 11 is 3.79. The van der Waals surface area contributed by atoms with Gasteiger partial charge in [-0.3, -0.25) is 0 Å². The molecular formula is C90H70BN3OS2. The van der Waals surface area contributed by atoms with Crippen molar-refractivity contribution in [2.45, 2.75) is 78.6 Å². The van der Waals surface area contributed by atoms with Crippen molar-refractivity contribution in [2.24, 2.45) is 0 Å². The number of fused-ring (bicyclic) bond motifs is 17. The third kappa shape index (κ3) is 8.87. The van der Waals surface area contributed by atoms with Gasteiger partial charge in [0, 0.05) is 102 Å². The first-order valence-corrected chi connectivity index (χ1v) is 35.7. The van der Waals surface area contributed by atoms with Crippen LogP contribution in [0.3, 0.4) is 0 Å². The quantitative estimate of drug-likeness (QED) is 0.155. The molecule has 0 aliphatic carbocycles. The zero-order chi connectivity index (χ0) is 65.5. The van der Waals surface area contributed by atoms with E-state index in [0.29, 0.717) is 0 Å². The lowest BCUT2D eigenvalue weighted by atomic mass is 9.34. The Morgan fingerprint density at radius 3 is 1.45 bits per heavy atom. The molecule has 0 N–H and O–H groups in total. The van der Waals surface area contributed by atoms with E-state index in [0.717, 1.165) is 89.7 Å². The van der Waals surface area contributed by atoms with E-state index < -0.39 is 0 Å². The van der Waals surface area contributed by atoms with Crippen molar-refractivity contribution in [1.82, 2.24) is 9.13 Å². The topological polar surface area (TPSA) is 22.3 Å². The molecule has 466 valence electrons. The molecule has 0 amide bonds.